The van der Waals surface area contributed by atoms with E-state index in [1.165, 1.54) is 0 Å². The normalized spacial score (nSPS) is 31.1. The third kappa shape index (κ3) is 4.30. The molecule has 4 N–H and O–H groups in total. The van der Waals surface area contributed by atoms with Crippen LogP contribution in [0.3, 0.4) is 0 Å². The summed E-state index contributed by atoms with van der Waals surface area (Å²) in [4.78, 5) is 10.4. The molecule has 0 aliphatic heterocycles. The number of aliphatic hydroxyl groups is 2. The Balaban J connectivity index is 1.18. The minimum absolute atomic E-state index is 0.00373. The monoisotopic (exact) mass is 744 g/mol. The topological polar surface area (TPSA) is 107 Å². The second-order valence-electron chi connectivity index (χ2n) is 19.4. The Hall–Kier alpha value is -4.78. The summed E-state index contributed by atoms with van der Waals surface area (Å²) in [7, 11) is 0. The molecule has 4 aliphatic carbocycles. The summed E-state index contributed by atoms with van der Waals surface area (Å²) < 4.78 is 0. The highest BCUT2D eigenvalue weighted by atomic mass is 16.3. The number of phenolic OH excluding ortho intramolecular Hbond substituents is 2. The summed E-state index contributed by atoms with van der Waals surface area (Å²) >= 11 is 0. The Morgan fingerprint density at radius 1 is 0.518 bits per heavy atom. The Morgan fingerprint density at radius 2 is 0.911 bits per heavy atom. The molecular weight excluding hydrogens is 693 g/mol. The van der Waals surface area contributed by atoms with Crippen LogP contribution in [0, 0.1) is 33.5 Å². The van der Waals surface area contributed by atoms with Gasteiger partial charge in [-0.2, -0.15) is 0 Å². The van der Waals surface area contributed by atoms with Crippen molar-refractivity contribution in [2.75, 3.05) is 0 Å². The van der Waals surface area contributed by atoms with E-state index in [0.717, 1.165) is 60.1 Å². The summed E-state index contributed by atoms with van der Waals surface area (Å²) in [5.74, 6) is 0.828. The first-order chi connectivity index (χ1) is 26.6. The molecule has 0 amide bonds. The van der Waals surface area contributed by atoms with E-state index in [-0.39, 0.29) is 33.2 Å². The Morgan fingerprint density at radius 3 is 1.29 bits per heavy atom. The molecule has 0 saturated heterocycles. The van der Waals surface area contributed by atoms with E-state index in [0.29, 0.717) is 56.9 Å². The number of nitrogens with zero attached hydrogens (tertiary/aromatic N) is 2. The van der Waals surface area contributed by atoms with Crippen LogP contribution >= 0.6 is 0 Å². The Kier molecular flexibility index (Phi) is 7.26. The molecule has 286 valence electrons. The number of hydrogen-bond acceptors (Lipinski definition) is 6. The van der Waals surface area contributed by atoms with Gasteiger partial charge in [0.1, 0.15) is 22.7 Å². The van der Waals surface area contributed by atoms with Gasteiger partial charge in [0, 0.05) is 43.9 Å². The molecule has 0 radical (unpaired) electrons. The molecule has 0 spiro atoms. The molecule has 4 bridgehead atoms. The quantitative estimate of drug-likeness (QED) is 0.140. The molecule has 6 heteroatoms. The maximum Gasteiger partial charge on any atom is 0.133 e. The van der Waals surface area contributed by atoms with Crippen LogP contribution in [0.15, 0.2) is 97.1 Å². The van der Waals surface area contributed by atoms with Gasteiger partial charge in [0.05, 0.1) is 22.8 Å². The fourth-order valence-electron chi connectivity index (χ4n) is 12.9. The molecule has 6 atom stereocenters. The number of pyridine rings is 2. The van der Waals surface area contributed by atoms with Crippen LogP contribution in [0.5, 0.6) is 11.5 Å². The first-order valence-corrected chi connectivity index (χ1v) is 20.5. The number of aromatic hydroxyl groups is 2. The lowest BCUT2D eigenvalue weighted by molar-refractivity contribution is -0.153. The number of fused-ring (bicyclic) bond motifs is 6. The standard InChI is InChI=1S/C50H52N2O4/c1-45(2)31-21-23-47(5,27-31)49(45,55)39-19-11-17-37(51-39)35-25-29-13-7-9-15-33(29)41(43(35)53)42-34-16-10-8-14-30(34)26-36(44(42)54)38-18-12-20-40(52-38)50(56)46(3,4)32-22-24-48(50,6)28-32/h7-20,25-26,31-32,53-56H,21-24,27-28H2,1-6H3/t31-,32-,47+,48+,49+,50+/m1/s1. The molecular formula is C50H52N2O4. The highest BCUT2D eigenvalue weighted by Gasteiger charge is 2.71. The zero-order chi connectivity index (χ0) is 39.2. The van der Waals surface area contributed by atoms with Gasteiger partial charge in [-0.3, -0.25) is 0 Å². The van der Waals surface area contributed by atoms with Gasteiger partial charge in [0.2, 0.25) is 0 Å². The summed E-state index contributed by atoms with van der Waals surface area (Å²) in [5.41, 5.74) is 0.886. The van der Waals surface area contributed by atoms with Crippen molar-refractivity contribution in [3.05, 3.63) is 108 Å². The van der Waals surface area contributed by atoms with E-state index < -0.39 is 11.2 Å². The van der Waals surface area contributed by atoms with Crippen molar-refractivity contribution >= 4 is 21.5 Å². The largest absolute Gasteiger partial charge is 0.507 e. The number of rotatable bonds is 5. The molecule has 4 aliphatic rings. The van der Waals surface area contributed by atoms with Crippen LogP contribution < -0.4 is 0 Å². The molecule has 6 aromatic rings. The van der Waals surface area contributed by atoms with Crippen molar-refractivity contribution in [3.8, 4) is 45.1 Å². The first kappa shape index (κ1) is 35.6. The van der Waals surface area contributed by atoms with Crippen molar-refractivity contribution in [2.45, 2.75) is 91.3 Å². The van der Waals surface area contributed by atoms with Crippen molar-refractivity contribution in [2.24, 2.45) is 33.5 Å². The summed E-state index contributed by atoms with van der Waals surface area (Å²) in [5, 5.41) is 53.9. The predicted octanol–water partition coefficient (Wildman–Crippen LogP) is 11.3. The predicted molar refractivity (Wildman–Crippen MR) is 223 cm³/mol. The van der Waals surface area contributed by atoms with Gasteiger partial charge in [-0.05, 0) is 108 Å². The average molecular weight is 745 g/mol. The Bertz CT molecular complexity index is 2440. The zero-order valence-electron chi connectivity index (χ0n) is 33.3. The third-order valence-electron chi connectivity index (χ3n) is 16.2. The molecule has 4 saturated carbocycles. The van der Waals surface area contributed by atoms with Gasteiger partial charge in [0.25, 0.3) is 0 Å². The van der Waals surface area contributed by atoms with E-state index in [1.807, 2.05) is 97.1 Å². The smallest absolute Gasteiger partial charge is 0.133 e. The molecule has 6 nitrogen and oxygen atoms in total. The van der Waals surface area contributed by atoms with E-state index in [4.69, 9.17) is 9.97 Å². The molecule has 4 fully saturated rings. The lowest BCUT2D eigenvalue weighted by atomic mass is 9.59. The average Bonchev–Trinajstić information content (AvgIpc) is 3.88. The SMILES string of the molecule is CC1(C)[C@@H]2CC[C@@](C)(C2)[C@]1(O)c1cccc(-c2cc3ccccc3c(-c3c(O)c(-c4cccc([C@]5(O)C(C)(C)[C@@H]6CC[C@@]5(C)C6)n4)cc4ccccc34)c2O)n1. The Labute approximate surface area is 329 Å². The van der Waals surface area contributed by atoms with E-state index in [1.54, 1.807) is 0 Å². The number of aromatic nitrogens is 2. The second kappa shape index (κ2) is 11.4. The van der Waals surface area contributed by atoms with Gasteiger partial charge >= 0.3 is 0 Å². The molecule has 56 heavy (non-hydrogen) atoms. The summed E-state index contributed by atoms with van der Waals surface area (Å²) in [6, 6.07) is 31.3. The van der Waals surface area contributed by atoms with Crippen molar-refractivity contribution in [1.82, 2.24) is 9.97 Å². The number of benzene rings is 4. The fourth-order valence-corrected chi connectivity index (χ4v) is 12.9. The van der Waals surface area contributed by atoms with Gasteiger partial charge < -0.3 is 20.4 Å². The number of hydrogen-bond donors (Lipinski definition) is 4. The minimum atomic E-state index is -1.13. The van der Waals surface area contributed by atoms with Crippen molar-refractivity contribution in [1.29, 1.82) is 0 Å². The van der Waals surface area contributed by atoms with Crippen molar-refractivity contribution in [3.63, 3.8) is 0 Å². The summed E-state index contributed by atoms with van der Waals surface area (Å²) in [6.07, 6.45) is 6.04. The zero-order valence-corrected chi connectivity index (χ0v) is 33.3. The summed E-state index contributed by atoms with van der Waals surface area (Å²) in [6.45, 7) is 13.1. The van der Waals surface area contributed by atoms with Crippen LogP contribution in [-0.2, 0) is 11.2 Å². The second-order valence-corrected chi connectivity index (χ2v) is 19.4. The molecule has 0 unspecified atom stereocenters. The van der Waals surface area contributed by atoms with Crippen LogP contribution in [0.2, 0.25) is 0 Å². The van der Waals surface area contributed by atoms with Gasteiger partial charge in [-0.25, -0.2) is 9.97 Å². The maximum atomic E-state index is 12.7. The molecule has 2 heterocycles. The highest BCUT2D eigenvalue weighted by Crippen LogP contribution is 2.73. The first-order valence-electron chi connectivity index (χ1n) is 20.5. The van der Waals surface area contributed by atoms with Crippen molar-refractivity contribution < 1.29 is 20.4 Å². The fraction of sp³-hybridized carbons (Fsp3) is 0.400. The van der Waals surface area contributed by atoms with Crippen LogP contribution in [0.25, 0.3) is 55.2 Å². The third-order valence-corrected chi connectivity index (χ3v) is 16.2. The van der Waals surface area contributed by atoms with E-state index >= 15 is 0 Å². The van der Waals surface area contributed by atoms with E-state index in [2.05, 4.69) is 41.5 Å². The number of phenols is 2. The molecule has 10 rings (SSSR count). The minimum Gasteiger partial charge on any atom is -0.507 e. The molecule has 4 aromatic carbocycles. The van der Waals surface area contributed by atoms with Crippen LogP contribution in [0.1, 0.15) is 91.5 Å². The maximum absolute atomic E-state index is 12.7. The van der Waals surface area contributed by atoms with Gasteiger partial charge in [-0.1, -0.05) is 102 Å². The van der Waals surface area contributed by atoms with Gasteiger partial charge in [0.15, 0.2) is 0 Å². The van der Waals surface area contributed by atoms with Gasteiger partial charge in [-0.15, -0.1) is 0 Å². The lowest BCUT2D eigenvalue weighted by Gasteiger charge is -2.50. The lowest BCUT2D eigenvalue weighted by Crippen LogP contribution is -2.51. The highest BCUT2D eigenvalue weighted by molar-refractivity contribution is 6.13. The van der Waals surface area contributed by atoms with Crippen LogP contribution in [0.4, 0.5) is 0 Å². The van der Waals surface area contributed by atoms with Crippen LogP contribution in [-0.4, -0.2) is 30.4 Å². The molecule has 2 aromatic heterocycles. The van der Waals surface area contributed by atoms with E-state index in [9.17, 15) is 20.4 Å².